The maximum atomic E-state index is 11.3. The Labute approximate surface area is 111 Å². The van der Waals surface area contributed by atoms with Gasteiger partial charge in [-0.3, -0.25) is 0 Å². The fraction of sp³-hybridized carbons (Fsp3) is 0.200. The molecule has 0 saturated carbocycles. The van der Waals surface area contributed by atoms with E-state index in [-0.39, 0.29) is 16.3 Å². The van der Waals surface area contributed by atoms with Gasteiger partial charge in [0.2, 0.25) is 10.0 Å². The molecule has 0 aliphatic carbocycles. The van der Waals surface area contributed by atoms with Crippen LogP contribution in [0.4, 0.5) is 11.4 Å². The zero-order valence-corrected chi connectivity index (χ0v) is 11.4. The third-order valence-electron chi connectivity index (χ3n) is 2.54. The van der Waals surface area contributed by atoms with Gasteiger partial charge in [0, 0.05) is 16.8 Å². The van der Waals surface area contributed by atoms with Gasteiger partial charge in [0.05, 0.1) is 16.7 Å². The van der Waals surface area contributed by atoms with Crippen LogP contribution in [0.15, 0.2) is 34.6 Å². The van der Waals surface area contributed by atoms with E-state index in [0.29, 0.717) is 5.69 Å². The molecule has 0 spiro atoms. The van der Waals surface area contributed by atoms with E-state index >= 15 is 0 Å². The number of nitrogens with two attached hydrogens (primary N) is 2. The van der Waals surface area contributed by atoms with Crippen molar-refractivity contribution in [2.45, 2.75) is 10.9 Å². The van der Waals surface area contributed by atoms with Crippen molar-refractivity contribution in [1.82, 2.24) is 0 Å². The van der Waals surface area contributed by atoms with Gasteiger partial charge in [-0.1, -0.05) is 6.08 Å². The van der Waals surface area contributed by atoms with E-state index in [9.17, 15) is 16.8 Å². The Kier molecular flexibility index (Phi) is 3.29. The van der Waals surface area contributed by atoms with Crippen LogP contribution in [0.25, 0.3) is 0 Å². The molecule has 7 nitrogen and oxygen atoms in total. The minimum atomic E-state index is -3.86. The predicted molar refractivity (Wildman–Crippen MR) is 72.6 cm³/mol. The van der Waals surface area contributed by atoms with Crippen LogP contribution in [0.3, 0.4) is 0 Å². The van der Waals surface area contributed by atoms with E-state index in [0.717, 1.165) is 5.41 Å². The van der Waals surface area contributed by atoms with Crippen molar-refractivity contribution in [3.05, 3.63) is 29.7 Å². The summed E-state index contributed by atoms with van der Waals surface area (Å²) in [6, 6.07) is 3.64. The highest BCUT2D eigenvalue weighted by Gasteiger charge is 2.21. The minimum absolute atomic E-state index is 0.0769. The average molecular weight is 303 g/mol. The van der Waals surface area contributed by atoms with E-state index < -0.39 is 25.9 Å². The molecule has 5 N–H and O–H groups in total. The smallest absolute Gasteiger partial charge is 0.238 e. The number of benzene rings is 1. The molecule has 9 heteroatoms. The van der Waals surface area contributed by atoms with Crippen molar-refractivity contribution in [1.29, 1.82) is 0 Å². The number of nitrogens with one attached hydrogen (secondary N) is 1. The molecule has 1 aliphatic rings. The first kappa shape index (κ1) is 13.8. The SMILES string of the molecule is Nc1cc(NC2C=CS(=O)(=O)C2)cc(S(N)(=O)=O)c1. The van der Waals surface area contributed by atoms with Crippen LogP contribution in [0.2, 0.25) is 0 Å². The molecule has 1 aromatic carbocycles. The highest BCUT2D eigenvalue weighted by atomic mass is 32.2. The van der Waals surface area contributed by atoms with Gasteiger partial charge < -0.3 is 11.1 Å². The maximum absolute atomic E-state index is 11.3. The summed E-state index contributed by atoms with van der Waals surface area (Å²) in [6.45, 7) is 0. The molecule has 1 aliphatic heterocycles. The lowest BCUT2D eigenvalue weighted by atomic mass is 10.2. The molecule has 104 valence electrons. The van der Waals surface area contributed by atoms with Crippen LogP contribution in [0.1, 0.15) is 0 Å². The second-order valence-corrected chi connectivity index (χ2v) is 7.74. The number of anilines is 2. The van der Waals surface area contributed by atoms with Gasteiger partial charge in [-0.15, -0.1) is 0 Å². The van der Waals surface area contributed by atoms with Crippen LogP contribution in [-0.2, 0) is 19.9 Å². The van der Waals surface area contributed by atoms with E-state index in [2.05, 4.69) is 5.32 Å². The second-order valence-electron chi connectivity index (χ2n) is 4.24. The number of nitrogen functional groups attached to an aromatic ring is 1. The van der Waals surface area contributed by atoms with E-state index in [1.807, 2.05) is 0 Å². The Hall–Kier alpha value is -1.58. The minimum Gasteiger partial charge on any atom is -0.399 e. The van der Waals surface area contributed by atoms with Crippen molar-refractivity contribution >= 4 is 31.2 Å². The summed E-state index contributed by atoms with van der Waals surface area (Å²) >= 11 is 0. The third kappa shape index (κ3) is 3.46. The number of primary sulfonamides is 1. The summed E-state index contributed by atoms with van der Waals surface area (Å²) < 4.78 is 45.0. The molecule has 0 amide bonds. The van der Waals surface area contributed by atoms with Crippen LogP contribution < -0.4 is 16.2 Å². The molecule has 2 rings (SSSR count). The fourth-order valence-corrected chi connectivity index (χ4v) is 3.58. The lowest BCUT2D eigenvalue weighted by molar-refractivity contribution is 0.597. The number of hydrogen-bond donors (Lipinski definition) is 3. The lowest BCUT2D eigenvalue weighted by Crippen LogP contribution is -2.21. The van der Waals surface area contributed by atoms with Gasteiger partial charge in [0.25, 0.3) is 0 Å². The quantitative estimate of drug-likeness (QED) is 0.653. The summed E-state index contributed by atoms with van der Waals surface area (Å²) in [4.78, 5) is -0.125. The summed E-state index contributed by atoms with van der Waals surface area (Å²) in [5.41, 5.74) is 6.21. The molecule has 1 atom stereocenters. The molecule has 0 fully saturated rings. The first-order chi connectivity index (χ1) is 8.66. The highest BCUT2D eigenvalue weighted by Crippen LogP contribution is 2.22. The van der Waals surface area contributed by atoms with Crippen LogP contribution >= 0.6 is 0 Å². The van der Waals surface area contributed by atoms with Gasteiger partial charge in [0.15, 0.2) is 9.84 Å². The molecule has 19 heavy (non-hydrogen) atoms. The molecule has 0 saturated heterocycles. The number of rotatable bonds is 3. The van der Waals surface area contributed by atoms with E-state index in [1.54, 1.807) is 0 Å². The Morgan fingerprint density at radius 1 is 1.26 bits per heavy atom. The zero-order valence-electron chi connectivity index (χ0n) is 9.78. The standard InChI is InChI=1S/C10H13N3O4S2/c11-7-3-9(5-10(4-7)19(12,16)17)13-8-1-2-18(14,15)6-8/h1-5,8,13H,6,11H2,(H2,12,16,17). The third-order valence-corrected chi connectivity index (χ3v) is 4.83. The zero-order chi connectivity index (χ0) is 14.3. The molecule has 0 radical (unpaired) electrons. The molecule has 1 aromatic rings. The van der Waals surface area contributed by atoms with Gasteiger partial charge in [-0.25, -0.2) is 22.0 Å². The molecular weight excluding hydrogens is 290 g/mol. The summed E-state index contributed by atoms with van der Waals surface area (Å²) in [5.74, 6) is -0.0769. The summed E-state index contributed by atoms with van der Waals surface area (Å²) in [7, 11) is -7.04. The Morgan fingerprint density at radius 3 is 2.47 bits per heavy atom. The van der Waals surface area contributed by atoms with Crippen molar-refractivity contribution in [2.24, 2.45) is 5.14 Å². The van der Waals surface area contributed by atoms with E-state index in [4.69, 9.17) is 10.9 Å². The Balaban J connectivity index is 2.28. The molecule has 0 aromatic heterocycles. The van der Waals surface area contributed by atoms with Gasteiger partial charge in [-0.05, 0) is 18.2 Å². The van der Waals surface area contributed by atoms with Gasteiger partial charge >= 0.3 is 0 Å². The average Bonchev–Trinajstić information content (AvgIpc) is 2.55. The fourth-order valence-electron chi connectivity index (χ4n) is 1.75. The van der Waals surface area contributed by atoms with Gasteiger partial charge in [0.1, 0.15) is 0 Å². The van der Waals surface area contributed by atoms with Crippen molar-refractivity contribution in [3.63, 3.8) is 0 Å². The molecule has 1 unspecified atom stereocenters. The first-order valence-electron chi connectivity index (χ1n) is 5.27. The normalized spacial score (nSPS) is 21.4. The number of sulfone groups is 1. The van der Waals surface area contributed by atoms with Gasteiger partial charge in [-0.2, -0.15) is 0 Å². The Morgan fingerprint density at radius 2 is 1.95 bits per heavy atom. The number of hydrogen-bond acceptors (Lipinski definition) is 6. The molecule has 1 heterocycles. The first-order valence-corrected chi connectivity index (χ1v) is 8.53. The largest absolute Gasteiger partial charge is 0.399 e. The van der Waals surface area contributed by atoms with Crippen molar-refractivity contribution in [2.75, 3.05) is 16.8 Å². The number of sulfonamides is 1. The highest BCUT2D eigenvalue weighted by molar-refractivity contribution is 7.94. The predicted octanol–water partition coefficient (Wildman–Crippen LogP) is -0.361. The van der Waals surface area contributed by atoms with Crippen LogP contribution in [0, 0.1) is 0 Å². The maximum Gasteiger partial charge on any atom is 0.238 e. The van der Waals surface area contributed by atoms with Crippen LogP contribution in [0.5, 0.6) is 0 Å². The monoisotopic (exact) mass is 303 g/mol. The molecule has 0 bridgehead atoms. The summed E-state index contributed by atoms with van der Waals surface area (Å²) in [5, 5.41) is 9.03. The van der Waals surface area contributed by atoms with Crippen molar-refractivity contribution in [3.8, 4) is 0 Å². The van der Waals surface area contributed by atoms with Crippen molar-refractivity contribution < 1.29 is 16.8 Å². The second kappa shape index (κ2) is 4.51. The molecular formula is C10H13N3O4S2. The topological polar surface area (TPSA) is 132 Å². The Bertz CT molecular complexity index is 738. The van der Waals surface area contributed by atoms with E-state index in [1.165, 1.54) is 24.3 Å². The lowest BCUT2D eigenvalue weighted by Gasteiger charge is -2.13. The summed E-state index contributed by atoms with van der Waals surface area (Å²) in [6.07, 6.45) is 1.50. The van der Waals surface area contributed by atoms with Crippen LogP contribution in [-0.4, -0.2) is 28.6 Å².